The Morgan fingerprint density at radius 3 is 1.95 bits per heavy atom. The highest BCUT2D eigenvalue weighted by molar-refractivity contribution is 7.89. The number of methoxy groups -OCH3 is 3. The number of carbonyl (C=O) groups is 1. The molecule has 3 aromatic carbocycles. The summed E-state index contributed by atoms with van der Waals surface area (Å²) in [5.74, 6) is 0.927. The minimum atomic E-state index is -4.02. The van der Waals surface area contributed by atoms with Crippen molar-refractivity contribution in [3.05, 3.63) is 81.3 Å². The predicted molar refractivity (Wildman–Crippen MR) is 148 cm³/mol. The Kier molecular flexibility index (Phi) is 9.89. The second-order valence-electron chi connectivity index (χ2n) is 8.62. The summed E-state index contributed by atoms with van der Waals surface area (Å²) in [7, 11) is 2.10. The SMILES string of the molecule is COc1cc(CN(C)C(=O)CN(Cc2ccc(Cl)c(Cl)c2)S(=O)(=O)c2ccc(C)cc2)cc(OC)c1OC. The van der Waals surface area contributed by atoms with E-state index in [1.54, 1.807) is 49.5 Å². The van der Waals surface area contributed by atoms with E-state index in [1.165, 1.54) is 38.4 Å². The maximum Gasteiger partial charge on any atom is 0.243 e. The molecule has 0 fully saturated rings. The fourth-order valence-electron chi connectivity index (χ4n) is 3.79. The van der Waals surface area contributed by atoms with Crippen LogP contribution < -0.4 is 14.2 Å². The van der Waals surface area contributed by atoms with Gasteiger partial charge in [0.25, 0.3) is 0 Å². The van der Waals surface area contributed by atoms with Crippen LogP contribution in [0.4, 0.5) is 0 Å². The molecule has 0 aliphatic heterocycles. The average Bonchev–Trinajstić information content (AvgIpc) is 2.89. The van der Waals surface area contributed by atoms with E-state index in [4.69, 9.17) is 37.4 Å². The van der Waals surface area contributed by atoms with Gasteiger partial charge in [0, 0.05) is 20.1 Å². The molecular weight excluding hydrogens is 551 g/mol. The lowest BCUT2D eigenvalue weighted by Gasteiger charge is -2.25. The van der Waals surface area contributed by atoms with E-state index in [2.05, 4.69) is 0 Å². The van der Waals surface area contributed by atoms with Crippen LogP contribution in [0.15, 0.2) is 59.5 Å². The minimum absolute atomic E-state index is 0.0726. The highest BCUT2D eigenvalue weighted by Crippen LogP contribution is 2.38. The van der Waals surface area contributed by atoms with Gasteiger partial charge in [0.15, 0.2) is 11.5 Å². The average molecular weight is 582 g/mol. The lowest BCUT2D eigenvalue weighted by molar-refractivity contribution is -0.130. The van der Waals surface area contributed by atoms with Crippen molar-refractivity contribution in [2.24, 2.45) is 0 Å². The first-order valence-corrected chi connectivity index (χ1v) is 13.7. The monoisotopic (exact) mass is 580 g/mol. The second-order valence-corrected chi connectivity index (χ2v) is 11.4. The first-order valence-electron chi connectivity index (χ1n) is 11.5. The van der Waals surface area contributed by atoms with Gasteiger partial charge in [-0.25, -0.2) is 8.42 Å². The maximum absolute atomic E-state index is 13.6. The van der Waals surface area contributed by atoms with Gasteiger partial charge in [0.1, 0.15) is 0 Å². The Bertz CT molecular complexity index is 1370. The van der Waals surface area contributed by atoms with Crippen molar-refractivity contribution in [2.75, 3.05) is 34.9 Å². The van der Waals surface area contributed by atoms with Crippen molar-refractivity contribution in [3.63, 3.8) is 0 Å². The quantitative estimate of drug-likeness (QED) is 0.311. The van der Waals surface area contributed by atoms with Crippen LogP contribution in [-0.2, 0) is 27.9 Å². The fraction of sp³-hybridized carbons (Fsp3) is 0.296. The number of hydrogen-bond donors (Lipinski definition) is 0. The summed E-state index contributed by atoms with van der Waals surface area (Å²) in [6, 6.07) is 14.8. The third-order valence-corrected chi connectivity index (χ3v) is 8.43. The van der Waals surface area contributed by atoms with Crippen molar-refractivity contribution in [3.8, 4) is 17.2 Å². The van der Waals surface area contributed by atoms with Gasteiger partial charge in [-0.05, 0) is 54.4 Å². The number of sulfonamides is 1. The highest BCUT2D eigenvalue weighted by atomic mass is 35.5. The molecule has 204 valence electrons. The van der Waals surface area contributed by atoms with Crippen LogP contribution in [0, 0.1) is 6.92 Å². The first kappa shape index (κ1) is 29.6. The Labute approximate surface area is 233 Å². The molecule has 11 heteroatoms. The Morgan fingerprint density at radius 2 is 1.42 bits per heavy atom. The van der Waals surface area contributed by atoms with Crippen LogP contribution >= 0.6 is 23.2 Å². The minimum Gasteiger partial charge on any atom is -0.493 e. The summed E-state index contributed by atoms with van der Waals surface area (Å²) in [5, 5.41) is 0.646. The van der Waals surface area contributed by atoms with Crippen LogP contribution in [0.25, 0.3) is 0 Å². The van der Waals surface area contributed by atoms with Gasteiger partial charge in [-0.2, -0.15) is 4.31 Å². The number of rotatable bonds is 11. The number of amides is 1. The number of hydrogen-bond acceptors (Lipinski definition) is 6. The lowest BCUT2D eigenvalue weighted by atomic mass is 10.1. The van der Waals surface area contributed by atoms with Gasteiger partial charge < -0.3 is 19.1 Å². The van der Waals surface area contributed by atoms with E-state index in [1.807, 2.05) is 6.92 Å². The number of carbonyl (C=O) groups excluding carboxylic acids is 1. The largest absolute Gasteiger partial charge is 0.493 e. The van der Waals surface area contributed by atoms with Crippen molar-refractivity contribution in [1.82, 2.24) is 9.21 Å². The van der Waals surface area contributed by atoms with E-state index in [-0.39, 0.29) is 18.0 Å². The number of likely N-dealkylation sites (N-methyl/N-ethyl adjacent to an activating group) is 1. The molecule has 0 N–H and O–H groups in total. The molecular formula is C27H30Cl2N2O6S. The summed E-state index contributed by atoms with van der Waals surface area (Å²) in [4.78, 5) is 14.8. The molecule has 38 heavy (non-hydrogen) atoms. The maximum atomic E-state index is 13.6. The van der Waals surface area contributed by atoms with Gasteiger partial charge in [0.2, 0.25) is 21.7 Å². The number of benzene rings is 3. The summed E-state index contributed by atoms with van der Waals surface area (Å²) in [6.45, 7) is 1.58. The molecule has 0 bridgehead atoms. The Morgan fingerprint density at radius 1 is 0.816 bits per heavy atom. The molecule has 0 aromatic heterocycles. The van der Waals surface area contributed by atoms with E-state index in [0.717, 1.165) is 9.87 Å². The molecule has 3 rings (SSSR count). The molecule has 0 spiro atoms. The fourth-order valence-corrected chi connectivity index (χ4v) is 5.49. The van der Waals surface area contributed by atoms with Crippen molar-refractivity contribution < 1.29 is 27.4 Å². The molecule has 0 saturated carbocycles. The van der Waals surface area contributed by atoms with Crippen LogP contribution in [0.3, 0.4) is 0 Å². The summed E-state index contributed by atoms with van der Waals surface area (Å²) in [6.07, 6.45) is 0. The molecule has 0 radical (unpaired) electrons. The van der Waals surface area contributed by atoms with Gasteiger partial charge in [-0.15, -0.1) is 0 Å². The predicted octanol–water partition coefficient (Wildman–Crippen LogP) is 5.18. The summed E-state index contributed by atoms with van der Waals surface area (Å²) >= 11 is 12.2. The normalized spacial score (nSPS) is 11.4. The molecule has 0 unspecified atom stereocenters. The van der Waals surface area contributed by atoms with Crippen LogP contribution in [0.5, 0.6) is 17.2 Å². The van der Waals surface area contributed by atoms with Gasteiger partial charge in [0.05, 0.1) is 42.8 Å². The number of aryl methyl sites for hydroxylation is 1. The highest BCUT2D eigenvalue weighted by Gasteiger charge is 2.28. The smallest absolute Gasteiger partial charge is 0.243 e. The van der Waals surface area contributed by atoms with Crippen molar-refractivity contribution in [1.29, 1.82) is 0 Å². The molecule has 8 nitrogen and oxygen atoms in total. The van der Waals surface area contributed by atoms with Crippen molar-refractivity contribution >= 4 is 39.1 Å². The van der Waals surface area contributed by atoms with Crippen molar-refractivity contribution in [2.45, 2.75) is 24.9 Å². The Hall–Kier alpha value is -2.98. The zero-order valence-electron chi connectivity index (χ0n) is 21.8. The molecule has 3 aromatic rings. The zero-order valence-corrected chi connectivity index (χ0v) is 24.2. The number of halogens is 2. The number of nitrogens with zero attached hydrogens (tertiary/aromatic N) is 2. The van der Waals surface area contributed by atoms with E-state index in [0.29, 0.717) is 38.4 Å². The molecule has 0 saturated heterocycles. The molecule has 0 aliphatic carbocycles. The molecule has 0 aliphatic rings. The Balaban J connectivity index is 1.89. The van der Waals surface area contributed by atoms with Crippen LogP contribution in [0.1, 0.15) is 16.7 Å². The van der Waals surface area contributed by atoms with E-state index < -0.39 is 22.5 Å². The van der Waals surface area contributed by atoms with Crippen LogP contribution in [0.2, 0.25) is 10.0 Å². The molecule has 0 heterocycles. The van der Waals surface area contributed by atoms with Crippen LogP contribution in [-0.4, -0.2) is 58.5 Å². The number of ether oxygens (including phenoxy) is 3. The standard InChI is InChI=1S/C27H30Cl2N2O6S/c1-18-6-9-21(10-7-18)38(33,34)31(16-19-8-11-22(28)23(29)12-19)17-26(32)30(2)15-20-13-24(35-3)27(37-5)25(14-20)36-4/h6-14H,15-17H2,1-5H3. The van der Waals surface area contributed by atoms with E-state index in [9.17, 15) is 13.2 Å². The van der Waals surface area contributed by atoms with E-state index >= 15 is 0 Å². The lowest BCUT2D eigenvalue weighted by Crippen LogP contribution is -2.41. The zero-order chi connectivity index (χ0) is 28.0. The van der Waals surface area contributed by atoms with Gasteiger partial charge >= 0.3 is 0 Å². The third-order valence-electron chi connectivity index (χ3n) is 5.88. The molecule has 1 amide bonds. The summed E-state index contributed by atoms with van der Waals surface area (Å²) < 4.78 is 44.5. The first-order chi connectivity index (χ1) is 18.0. The molecule has 0 atom stereocenters. The second kappa shape index (κ2) is 12.7. The third kappa shape index (κ3) is 6.91. The summed E-state index contributed by atoms with van der Waals surface area (Å²) in [5.41, 5.74) is 2.23. The van der Waals surface area contributed by atoms with Gasteiger partial charge in [-0.1, -0.05) is 47.0 Å². The topological polar surface area (TPSA) is 85.4 Å². The van der Waals surface area contributed by atoms with Gasteiger partial charge in [-0.3, -0.25) is 4.79 Å².